The molecule has 4 nitrogen and oxygen atoms in total. The van der Waals surface area contributed by atoms with E-state index in [0.29, 0.717) is 13.2 Å². The van der Waals surface area contributed by atoms with Gasteiger partial charge in [0.15, 0.2) is 0 Å². The molecule has 0 aromatic heterocycles. The predicted molar refractivity (Wildman–Crippen MR) is 54.8 cm³/mol. The molecule has 0 saturated carbocycles. The maximum Gasteiger partial charge on any atom is 0.227 e. The second-order valence-corrected chi connectivity index (χ2v) is 4.04. The first-order valence-electron chi connectivity index (χ1n) is 5.18. The number of carbonyl (C=O) groups is 1. The normalized spacial score (nSPS) is 24.8. The molecule has 82 valence electrons. The maximum absolute atomic E-state index is 11.8. The van der Waals surface area contributed by atoms with Crippen LogP contribution in [-0.2, 0) is 9.53 Å². The van der Waals surface area contributed by atoms with Crippen LogP contribution in [0.4, 0.5) is 0 Å². The topological polar surface area (TPSA) is 55.6 Å². The Labute approximate surface area is 85.4 Å². The SMILES string of the molecule is COCC(C)C(=O)N1CCC[C@@H](N)C1. The number of nitrogens with zero attached hydrogens (tertiary/aromatic N) is 1. The molecule has 2 atom stereocenters. The Bertz CT molecular complexity index is 197. The first-order chi connectivity index (χ1) is 6.65. The Balaban J connectivity index is 2.42. The summed E-state index contributed by atoms with van der Waals surface area (Å²) in [5, 5.41) is 0. The van der Waals surface area contributed by atoms with E-state index >= 15 is 0 Å². The number of hydrogen-bond donors (Lipinski definition) is 1. The summed E-state index contributed by atoms with van der Waals surface area (Å²) < 4.78 is 4.96. The van der Waals surface area contributed by atoms with Crippen molar-refractivity contribution < 1.29 is 9.53 Å². The van der Waals surface area contributed by atoms with Gasteiger partial charge in [0, 0.05) is 26.2 Å². The number of piperidine rings is 1. The Morgan fingerprint density at radius 3 is 3.00 bits per heavy atom. The molecule has 0 aliphatic carbocycles. The summed E-state index contributed by atoms with van der Waals surface area (Å²) in [6.07, 6.45) is 2.05. The third-order valence-electron chi connectivity index (χ3n) is 2.61. The predicted octanol–water partition coefficient (Wildman–Crippen LogP) is 0.219. The largest absolute Gasteiger partial charge is 0.384 e. The van der Waals surface area contributed by atoms with Crippen molar-refractivity contribution in [1.82, 2.24) is 4.90 Å². The van der Waals surface area contributed by atoms with Gasteiger partial charge in [0.05, 0.1) is 12.5 Å². The van der Waals surface area contributed by atoms with Crippen LogP contribution in [0, 0.1) is 5.92 Å². The van der Waals surface area contributed by atoms with Gasteiger partial charge in [-0.05, 0) is 12.8 Å². The number of nitrogens with two attached hydrogens (primary N) is 1. The molecule has 1 unspecified atom stereocenters. The summed E-state index contributed by atoms with van der Waals surface area (Å²) in [4.78, 5) is 13.7. The number of ether oxygens (including phenoxy) is 1. The summed E-state index contributed by atoms with van der Waals surface area (Å²) in [6, 6.07) is 0.155. The molecule has 1 amide bonds. The van der Waals surface area contributed by atoms with Crippen LogP contribution in [0.3, 0.4) is 0 Å². The quantitative estimate of drug-likeness (QED) is 0.709. The fourth-order valence-corrected chi connectivity index (χ4v) is 1.84. The second-order valence-electron chi connectivity index (χ2n) is 4.04. The Kier molecular flexibility index (Phi) is 4.35. The highest BCUT2D eigenvalue weighted by Gasteiger charge is 2.24. The van der Waals surface area contributed by atoms with E-state index in [-0.39, 0.29) is 17.9 Å². The van der Waals surface area contributed by atoms with Crippen LogP contribution in [0.2, 0.25) is 0 Å². The number of rotatable bonds is 3. The molecule has 1 fully saturated rings. The summed E-state index contributed by atoms with van der Waals surface area (Å²) in [5.41, 5.74) is 5.81. The number of carbonyl (C=O) groups excluding carboxylic acids is 1. The molecule has 1 heterocycles. The average Bonchev–Trinajstić information content (AvgIpc) is 2.17. The van der Waals surface area contributed by atoms with Crippen LogP contribution in [0.15, 0.2) is 0 Å². The van der Waals surface area contributed by atoms with Gasteiger partial charge in [0.1, 0.15) is 0 Å². The minimum atomic E-state index is -0.0506. The third kappa shape index (κ3) is 2.96. The van der Waals surface area contributed by atoms with Gasteiger partial charge in [-0.15, -0.1) is 0 Å². The lowest BCUT2D eigenvalue weighted by molar-refractivity contribution is -0.137. The summed E-state index contributed by atoms with van der Waals surface area (Å²) in [6.45, 7) is 3.93. The summed E-state index contributed by atoms with van der Waals surface area (Å²) in [7, 11) is 1.62. The number of methoxy groups -OCH3 is 1. The molecule has 0 spiro atoms. The third-order valence-corrected chi connectivity index (χ3v) is 2.61. The lowest BCUT2D eigenvalue weighted by Crippen LogP contribution is -2.47. The molecule has 1 aliphatic rings. The van der Waals surface area contributed by atoms with E-state index in [1.807, 2.05) is 11.8 Å². The van der Waals surface area contributed by atoms with Gasteiger partial charge >= 0.3 is 0 Å². The molecule has 1 rings (SSSR count). The zero-order valence-electron chi connectivity index (χ0n) is 9.03. The Hall–Kier alpha value is -0.610. The first kappa shape index (κ1) is 11.5. The van der Waals surface area contributed by atoms with Crippen LogP contribution >= 0.6 is 0 Å². The fourth-order valence-electron chi connectivity index (χ4n) is 1.84. The van der Waals surface area contributed by atoms with Crippen molar-refractivity contribution in [3.05, 3.63) is 0 Å². The standard InChI is InChI=1S/C10H20N2O2/c1-8(7-14-2)10(13)12-5-3-4-9(11)6-12/h8-9H,3-7,11H2,1-2H3/t8?,9-/m1/s1. The number of likely N-dealkylation sites (tertiary alicyclic amines) is 1. The van der Waals surface area contributed by atoms with Gasteiger partial charge in [-0.25, -0.2) is 0 Å². The number of amides is 1. The number of hydrogen-bond acceptors (Lipinski definition) is 3. The van der Waals surface area contributed by atoms with E-state index in [1.165, 1.54) is 0 Å². The van der Waals surface area contributed by atoms with E-state index in [1.54, 1.807) is 7.11 Å². The average molecular weight is 200 g/mol. The van der Waals surface area contributed by atoms with Crippen LogP contribution in [0.25, 0.3) is 0 Å². The van der Waals surface area contributed by atoms with Gasteiger partial charge in [-0.1, -0.05) is 6.92 Å². The molecule has 14 heavy (non-hydrogen) atoms. The van der Waals surface area contributed by atoms with E-state index in [4.69, 9.17) is 10.5 Å². The Morgan fingerprint density at radius 2 is 2.43 bits per heavy atom. The zero-order chi connectivity index (χ0) is 10.6. The zero-order valence-corrected chi connectivity index (χ0v) is 9.03. The molecule has 1 aliphatic heterocycles. The van der Waals surface area contributed by atoms with Gasteiger partial charge in [-0.2, -0.15) is 0 Å². The van der Waals surface area contributed by atoms with Crippen molar-refractivity contribution >= 4 is 5.91 Å². The van der Waals surface area contributed by atoms with Crippen molar-refractivity contribution in [1.29, 1.82) is 0 Å². The van der Waals surface area contributed by atoms with Crippen molar-refractivity contribution in [2.45, 2.75) is 25.8 Å². The lowest BCUT2D eigenvalue weighted by atomic mass is 10.0. The van der Waals surface area contributed by atoms with Crippen LogP contribution in [-0.4, -0.2) is 43.7 Å². The molecule has 0 radical (unpaired) electrons. The van der Waals surface area contributed by atoms with E-state index in [9.17, 15) is 4.79 Å². The first-order valence-corrected chi connectivity index (χ1v) is 5.18. The fraction of sp³-hybridized carbons (Fsp3) is 0.900. The highest BCUT2D eigenvalue weighted by Crippen LogP contribution is 2.11. The van der Waals surface area contributed by atoms with Crippen molar-refractivity contribution in [3.8, 4) is 0 Å². The van der Waals surface area contributed by atoms with Gasteiger partial charge in [0.2, 0.25) is 5.91 Å². The molecule has 0 bridgehead atoms. The van der Waals surface area contributed by atoms with E-state index < -0.39 is 0 Å². The Morgan fingerprint density at radius 1 is 1.71 bits per heavy atom. The molecule has 0 aromatic carbocycles. The van der Waals surface area contributed by atoms with Crippen LogP contribution in [0.1, 0.15) is 19.8 Å². The monoisotopic (exact) mass is 200 g/mol. The molecular weight excluding hydrogens is 180 g/mol. The van der Waals surface area contributed by atoms with Crippen molar-refractivity contribution in [2.24, 2.45) is 11.7 Å². The molecule has 1 saturated heterocycles. The minimum absolute atomic E-state index is 0.0506. The summed E-state index contributed by atoms with van der Waals surface area (Å²) >= 11 is 0. The smallest absolute Gasteiger partial charge is 0.227 e. The molecule has 4 heteroatoms. The highest BCUT2D eigenvalue weighted by molar-refractivity contribution is 5.78. The lowest BCUT2D eigenvalue weighted by Gasteiger charge is -2.32. The highest BCUT2D eigenvalue weighted by atomic mass is 16.5. The maximum atomic E-state index is 11.8. The molecular formula is C10H20N2O2. The van der Waals surface area contributed by atoms with Crippen LogP contribution in [0.5, 0.6) is 0 Å². The molecule has 2 N–H and O–H groups in total. The van der Waals surface area contributed by atoms with Crippen molar-refractivity contribution in [2.75, 3.05) is 26.8 Å². The van der Waals surface area contributed by atoms with E-state index in [2.05, 4.69) is 0 Å². The summed E-state index contributed by atoms with van der Waals surface area (Å²) in [5.74, 6) is 0.118. The van der Waals surface area contributed by atoms with E-state index in [0.717, 1.165) is 19.4 Å². The van der Waals surface area contributed by atoms with Crippen LogP contribution < -0.4 is 5.73 Å². The van der Waals surface area contributed by atoms with Gasteiger partial charge in [-0.3, -0.25) is 4.79 Å². The molecule has 0 aromatic rings. The minimum Gasteiger partial charge on any atom is -0.384 e. The van der Waals surface area contributed by atoms with Gasteiger partial charge in [0.25, 0.3) is 0 Å². The van der Waals surface area contributed by atoms with Gasteiger partial charge < -0.3 is 15.4 Å². The van der Waals surface area contributed by atoms with Crippen molar-refractivity contribution in [3.63, 3.8) is 0 Å². The second kappa shape index (κ2) is 5.32.